The van der Waals surface area contributed by atoms with Gasteiger partial charge in [0.1, 0.15) is 28.9 Å². The minimum absolute atomic E-state index is 0.0166. The van der Waals surface area contributed by atoms with Crippen LogP contribution in [0.2, 0.25) is 0 Å². The normalized spacial score (nSPS) is 12.4. The number of ketones is 1. The highest BCUT2D eigenvalue weighted by Crippen LogP contribution is 2.36. The molecular formula is C28H25FN8O2S. The first-order valence-electron chi connectivity index (χ1n) is 12.7. The Kier molecular flexibility index (Phi) is 6.56. The highest BCUT2D eigenvalue weighted by atomic mass is 32.1. The number of nitrogens with zero attached hydrogens (tertiary/aromatic N) is 5. The van der Waals surface area contributed by atoms with Crippen LogP contribution in [0.1, 0.15) is 36.9 Å². The molecular weight excluding hydrogens is 531 g/mol. The van der Waals surface area contributed by atoms with Crippen LogP contribution < -0.4 is 5.32 Å². The third-order valence-corrected chi connectivity index (χ3v) is 7.61. The molecule has 202 valence electrons. The number of imidazole rings is 1. The van der Waals surface area contributed by atoms with Gasteiger partial charge in [-0.15, -0.1) is 11.3 Å². The number of Topliss-reactive ketones (excluding diaryl/α,β-unsaturated/α-hetero) is 1. The standard InChI is InChI=1S/C28H25FN8O2S/c1-13(2)8-21(39)33-16-9-15(10-30-11-16)17-12-32-27-22(23(17)29)26(36-37-27)28-34-18-6-7-31-25(24(18)35-28)20-5-4-19(40-20)14(3)38/h4-7,9-13,21,33,39H,8H2,1-3H3,(H,34,35)(H,32,36,37). The van der Waals surface area contributed by atoms with Gasteiger partial charge < -0.3 is 15.4 Å². The maximum atomic E-state index is 16.1. The molecule has 0 spiro atoms. The summed E-state index contributed by atoms with van der Waals surface area (Å²) in [5.74, 6) is 0.129. The van der Waals surface area contributed by atoms with Gasteiger partial charge in [-0.05, 0) is 43.5 Å². The molecule has 1 atom stereocenters. The Hall–Kier alpha value is -4.55. The van der Waals surface area contributed by atoms with Crippen LogP contribution in [-0.2, 0) is 0 Å². The number of nitrogens with one attached hydrogen (secondary N) is 3. The quantitative estimate of drug-likeness (QED) is 0.136. The number of pyridine rings is 3. The summed E-state index contributed by atoms with van der Waals surface area (Å²) in [6.45, 7) is 5.56. The van der Waals surface area contributed by atoms with E-state index in [9.17, 15) is 9.90 Å². The number of carbonyl (C=O) groups excluding carboxylic acids is 1. The summed E-state index contributed by atoms with van der Waals surface area (Å²) >= 11 is 1.34. The molecule has 0 aromatic carbocycles. The molecule has 6 aromatic heterocycles. The van der Waals surface area contributed by atoms with Crippen molar-refractivity contribution in [1.29, 1.82) is 0 Å². The van der Waals surface area contributed by atoms with Crippen molar-refractivity contribution in [3.05, 3.63) is 59.7 Å². The molecule has 0 aliphatic heterocycles. The maximum Gasteiger partial charge on any atom is 0.184 e. The first kappa shape index (κ1) is 25.7. The van der Waals surface area contributed by atoms with E-state index < -0.39 is 12.0 Å². The van der Waals surface area contributed by atoms with Gasteiger partial charge in [0.2, 0.25) is 0 Å². The van der Waals surface area contributed by atoms with Gasteiger partial charge in [-0.1, -0.05) is 13.8 Å². The summed E-state index contributed by atoms with van der Waals surface area (Å²) in [4.78, 5) is 34.3. The van der Waals surface area contributed by atoms with E-state index in [2.05, 4.69) is 35.5 Å². The molecule has 0 saturated carbocycles. The second kappa shape index (κ2) is 10.2. The van der Waals surface area contributed by atoms with Gasteiger partial charge >= 0.3 is 0 Å². The van der Waals surface area contributed by atoms with Crippen molar-refractivity contribution in [2.75, 3.05) is 5.32 Å². The molecule has 0 bridgehead atoms. The topological polar surface area (TPSA) is 145 Å². The summed E-state index contributed by atoms with van der Waals surface area (Å²) in [5.41, 5.74) is 3.75. The van der Waals surface area contributed by atoms with Gasteiger partial charge in [-0.3, -0.25) is 19.9 Å². The average Bonchev–Trinajstić information content (AvgIpc) is 3.66. The van der Waals surface area contributed by atoms with Crippen molar-refractivity contribution in [2.45, 2.75) is 33.4 Å². The number of carbonyl (C=O) groups is 1. The van der Waals surface area contributed by atoms with E-state index in [1.807, 2.05) is 19.9 Å². The maximum absolute atomic E-state index is 16.1. The third kappa shape index (κ3) is 4.71. The molecule has 0 amide bonds. The molecule has 0 radical (unpaired) electrons. The minimum Gasteiger partial charge on any atom is -0.374 e. The van der Waals surface area contributed by atoms with Gasteiger partial charge in [0.25, 0.3) is 0 Å². The Labute approximate surface area is 231 Å². The molecule has 12 heteroatoms. The lowest BCUT2D eigenvalue weighted by Crippen LogP contribution is -2.20. The lowest BCUT2D eigenvalue weighted by atomic mass is 10.1. The number of anilines is 1. The van der Waals surface area contributed by atoms with Crippen LogP contribution in [0.15, 0.2) is 49.1 Å². The van der Waals surface area contributed by atoms with Crippen molar-refractivity contribution in [3.8, 4) is 33.2 Å². The number of rotatable bonds is 8. The van der Waals surface area contributed by atoms with E-state index in [1.54, 1.807) is 36.8 Å². The monoisotopic (exact) mass is 556 g/mol. The molecule has 0 aliphatic carbocycles. The lowest BCUT2D eigenvalue weighted by Gasteiger charge is -2.16. The number of hydrogen-bond donors (Lipinski definition) is 4. The Morgan fingerprint density at radius 2 is 2.02 bits per heavy atom. The van der Waals surface area contributed by atoms with E-state index in [-0.39, 0.29) is 22.4 Å². The van der Waals surface area contributed by atoms with Crippen LogP contribution in [-0.4, -0.2) is 52.2 Å². The molecule has 6 aromatic rings. The number of fused-ring (bicyclic) bond motifs is 2. The van der Waals surface area contributed by atoms with E-state index in [1.165, 1.54) is 24.5 Å². The number of thiophene rings is 1. The molecule has 0 fully saturated rings. The number of aromatic amines is 2. The van der Waals surface area contributed by atoms with E-state index in [4.69, 9.17) is 4.98 Å². The number of hydrogen-bond acceptors (Lipinski definition) is 9. The third-order valence-electron chi connectivity index (χ3n) is 6.42. The van der Waals surface area contributed by atoms with Crippen LogP contribution >= 0.6 is 11.3 Å². The molecule has 40 heavy (non-hydrogen) atoms. The van der Waals surface area contributed by atoms with Crippen molar-refractivity contribution in [2.24, 2.45) is 5.92 Å². The number of halogens is 1. The average molecular weight is 557 g/mol. The van der Waals surface area contributed by atoms with Crippen LogP contribution in [0.5, 0.6) is 0 Å². The summed E-state index contributed by atoms with van der Waals surface area (Å²) in [6.07, 6.45) is 6.00. The predicted octanol–water partition coefficient (Wildman–Crippen LogP) is 5.80. The summed E-state index contributed by atoms with van der Waals surface area (Å²) in [7, 11) is 0. The largest absolute Gasteiger partial charge is 0.374 e. The SMILES string of the molecule is CC(=O)c1ccc(-c2nccc3[nH]c(-c4[nH]nc5ncc(-c6cncc(NC(O)CC(C)C)c6)c(F)c45)nc23)s1. The fourth-order valence-corrected chi connectivity index (χ4v) is 5.47. The first-order valence-corrected chi connectivity index (χ1v) is 13.5. The first-order chi connectivity index (χ1) is 19.3. The van der Waals surface area contributed by atoms with E-state index in [0.29, 0.717) is 56.7 Å². The van der Waals surface area contributed by atoms with E-state index >= 15 is 4.39 Å². The van der Waals surface area contributed by atoms with Crippen LogP contribution in [0.25, 0.3) is 55.3 Å². The summed E-state index contributed by atoms with van der Waals surface area (Å²) in [6, 6.07) is 7.12. The van der Waals surface area contributed by atoms with Crippen molar-refractivity contribution in [3.63, 3.8) is 0 Å². The zero-order chi connectivity index (χ0) is 28.0. The molecule has 0 saturated heterocycles. The highest BCUT2D eigenvalue weighted by molar-refractivity contribution is 7.17. The highest BCUT2D eigenvalue weighted by Gasteiger charge is 2.22. The molecule has 6 rings (SSSR count). The van der Waals surface area contributed by atoms with Gasteiger partial charge in [0, 0.05) is 29.7 Å². The smallest absolute Gasteiger partial charge is 0.184 e. The zero-order valence-electron chi connectivity index (χ0n) is 21.9. The van der Waals surface area contributed by atoms with Gasteiger partial charge in [0.05, 0.1) is 32.5 Å². The number of aliphatic hydroxyl groups excluding tert-OH is 1. The predicted molar refractivity (Wildman–Crippen MR) is 152 cm³/mol. The Morgan fingerprint density at radius 1 is 1.18 bits per heavy atom. The molecule has 1 unspecified atom stereocenters. The Bertz CT molecular complexity index is 1880. The van der Waals surface area contributed by atoms with Gasteiger partial charge in [0.15, 0.2) is 17.3 Å². The number of aromatic nitrogens is 7. The lowest BCUT2D eigenvalue weighted by molar-refractivity contribution is 0.102. The molecule has 6 heterocycles. The minimum atomic E-state index is -0.751. The van der Waals surface area contributed by atoms with Gasteiger partial charge in [-0.25, -0.2) is 14.4 Å². The fraction of sp³-hybridized carbons (Fsp3) is 0.214. The Balaban J connectivity index is 1.40. The molecule has 4 N–H and O–H groups in total. The van der Waals surface area contributed by atoms with Crippen molar-refractivity contribution < 1.29 is 14.3 Å². The summed E-state index contributed by atoms with van der Waals surface area (Å²) in [5, 5.41) is 20.5. The number of aliphatic hydroxyl groups is 1. The van der Waals surface area contributed by atoms with Crippen LogP contribution in [0, 0.1) is 11.7 Å². The van der Waals surface area contributed by atoms with Crippen molar-refractivity contribution >= 4 is 44.9 Å². The van der Waals surface area contributed by atoms with Crippen molar-refractivity contribution in [1.82, 2.24) is 35.1 Å². The molecule has 0 aliphatic rings. The second-order valence-corrected chi connectivity index (χ2v) is 11.0. The van der Waals surface area contributed by atoms with Crippen LogP contribution in [0.3, 0.4) is 0 Å². The number of H-pyrrole nitrogens is 2. The second-order valence-electron chi connectivity index (χ2n) is 9.90. The van der Waals surface area contributed by atoms with E-state index in [0.717, 1.165) is 4.88 Å². The fourth-order valence-electron chi connectivity index (χ4n) is 4.58. The van der Waals surface area contributed by atoms with Gasteiger partial charge in [-0.2, -0.15) is 5.10 Å². The molecule has 10 nitrogen and oxygen atoms in total. The zero-order valence-corrected chi connectivity index (χ0v) is 22.7. The summed E-state index contributed by atoms with van der Waals surface area (Å²) < 4.78 is 16.1. The Morgan fingerprint density at radius 3 is 2.80 bits per heavy atom. The van der Waals surface area contributed by atoms with Crippen LogP contribution in [0.4, 0.5) is 10.1 Å².